The van der Waals surface area contributed by atoms with Crippen LogP contribution in [0.1, 0.15) is 0 Å². The van der Waals surface area contributed by atoms with Crippen LogP contribution in [0.15, 0.2) is 36.7 Å². The second-order valence-corrected chi connectivity index (χ2v) is 2.66. The first kappa shape index (κ1) is 8.07. The van der Waals surface area contributed by atoms with Crippen molar-refractivity contribution in [2.45, 2.75) is 0 Å². The standard InChI is InChI=1S/C9H8BNO2/c12-10-13-9-2-1-8-6-11-4-3-7(8)5-9/h1-6,10,12H. The first-order valence-corrected chi connectivity index (χ1v) is 3.97. The molecule has 1 aromatic carbocycles. The van der Waals surface area contributed by atoms with Crippen LogP contribution in [0.25, 0.3) is 10.8 Å². The highest BCUT2D eigenvalue weighted by Gasteiger charge is 1.96. The average molecular weight is 173 g/mol. The molecule has 0 saturated heterocycles. The van der Waals surface area contributed by atoms with Crippen molar-refractivity contribution in [3.05, 3.63) is 36.7 Å². The third-order valence-corrected chi connectivity index (χ3v) is 1.84. The highest BCUT2D eigenvalue weighted by Crippen LogP contribution is 2.19. The van der Waals surface area contributed by atoms with Crippen LogP contribution in [0.5, 0.6) is 5.75 Å². The van der Waals surface area contributed by atoms with Crippen molar-refractivity contribution in [2.24, 2.45) is 0 Å². The number of benzene rings is 1. The summed E-state index contributed by atoms with van der Waals surface area (Å²) >= 11 is 0. The Bertz CT molecular complexity index is 419. The Labute approximate surface area is 76.3 Å². The molecule has 0 fully saturated rings. The molecule has 0 aliphatic carbocycles. The maximum atomic E-state index is 8.56. The number of hydrogen-bond donors (Lipinski definition) is 1. The zero-order valence-corrected chi connectivity index (χ0v) is 6.97. The molecule has 0 radical (unpaired) electrons. The molecule has 3 nitrogen and oxygen atoms in total. The minimum absolute atomic E-state index is 0.295. The van der Waals surface area contributed by atoms with Crippen LogP contribution in [0.3, 0.4) is 0 Å². The minimum Gasteiger partial charge on any atom is -0.539 e. The van der Waals surface area contributed by atoms with E-state index in [9.17, 15) is 0 Å². The fourth-order valence-electron chi connectivity index (χ4n) is 1.23. The largest absolute Gasteiger partial charge is 0.539 e. The predicted octanol–water partition coefficient (Wildman–Crippen LogP) is 0.872. The van der Waals surface area contributed by atoms with Crippen LogP contribution in [0, 0.1) is 0 Å². The van der Waals surface area contributed by atoms with Gasteiger partial charge in [0.25, 0.3) is 0 Å². The number of pyridine rings is 1. The van der Waals surface area contributed by atoms with Crippen molar-refractivity contribution in [3.8, 4) is 5.75 Å². The molecule has 64 valence electrons. The SMILES string of the molecule is OBOc1ccc2cnccc2c1. The van der Waals surface area contributed by atoms with E-state index in [-0.39, 0.29) is 7.69 Å². The van der Waals surface area contributed by atoms with Crippen molar-refractivity contribution in [1.29, 1.82) is 0 Å². The Morgan fingerprint density at radius 3 is 3.00 bits per heavy atom. The number of fused-ring (bicyclic) bond motifs is 1. The zero-order chi connectivity index (χ0) is 9.10. The summed E-state index contributed by atoms with van der Waals surface area (Å²) < 4.78 is 4.95. The summed E-state index contributed by atoms with van der Waals surface area (Å²) in [7, 11) is -0.295. The molecule has 0 spiro atoms. The van der Waals surface area contributed by atoms with E-state index < -0.39 is 0 Å². The maximum absolute atomic E-state index is 8.56. The Kier molecular flexibility index (Phi) is 2.14. The lowest BCUT2D eigenvalue weighted by atomic mass is 10.2. The van der Waals surface area contributed by atoms with E-state index >= 15 is 0 Å². The summed E-state index contributed by atoms with van der Waals surface area (Å²) in [6, 6.07) is 7.49. The summed E-state index contributed by atoms with van der Waals surface area (Å²) in [5, 5.41) is 10.7. The Morgan fingerprint density at radius 1 is 1.23 bits per heavy atom. The molecule has 13 heavy (non-hydrogen) atoms. The number of aromatic nitrogens is 1. The van der Waals surface area contributed by atoms with Gasteiger partial charge in [-0.1, -0.05) is 0 Å². The third kappa shape index (κ3) is 1.62. The highest BCUT2D eigenvalue weighted by atomic mass is 16.5. The van der Waals surface area contributed by atoms with E-state index in [0.717, 1.165) is 10.8 Å². The molecular formula is C9H8BNO2. The van der Waals surface area contributed by atoms with Crippen LogP contribution < -0.4 is 4.65 Å². The monoisotopic (exact) mass is 173 g/mol. The van der Waals surface area contributed by atoms with Crippen molar-refractivity contribution >= 4 is 18.5 Å². The van der Waals surface area contributed by atoms with Crippen molar-refractivity contribution in [2.75, 3.05) is 0 Å². The van der Waals surface area contributed by atoms with Gasteiger partial charge >= 0.3 is 7.69 Å². The van der Waals surface area contributed by atoms with E-state index in [0.29, 0.717) is 5.75 Å². The van der Waals surface area contributed by atoms with Crippen molar-refractivity contribution in [3.63, 3.8) is 0 Å². The molecule has 2 rings (SSSR count). The van der Waals surface area contributed by atoms with E-state index in [1.165, 1.54) is 0 Å². The van der Waals surface area contributed by atoms with Crippen molar-refractivity contribution < 1.29 is 9.68 Å². The fourth-order valence-corrected chi connectivity index (χ4v) is 1.23. The number of rotatable bonds is 2. The van der Waals surface area contributed by atoms with Gasteiger partial charge in [-0.05, 0) is 29.7 Å². The first-order valence-electron chi connectivity index (χ1n) is 3.97. The lowest BCUT2D eigenvalue weighted by Gasteiger charge is -2.02. The van der Waals surface area contributed by atoms with E-state index in [2.05, 4.69) is 4.98 Å². The smallest absolute Gasteiger partial charge is 0.504 e. The maximum Gasteiger partial charge on any atom is 0.504 e. The number of hydrogen-bond acceptors (Lipinski definition) is 3. The fraction of sp³-hybridized carbons (Fsp3) is 0. The topological polar surface area (TPSA) is 42.4 Å². The Balaban J connectivity index is 2.49. The number of nitrogens with zero attached hydrogens (tertiary/aromatic N) is 1. The van der Waals surface area contributed by atoms with Gasteiger partial charge in [0.15, 0.2) is 0 Å². The first-order chi connectivity index (χ1) is 6.40. The summed E-state index contributed by atoms with van der Waals surface area (Å²) in [6.45, 7) is 0. The van der Waals surface area contributed by atoms with Crippen LogP contribution in [0.4, 0.5) is 0 Å². The normalized spacial score (nSPS) is 9.92. The molecule has 0 unspecified atom stereocenters. The molecule has 2 aromatic rings. The second kappa shape index (κ2) is 3.45. The second-order valence-electron chi connectivity index (χ2n) is 2.66. The van der Waals surface area contributed by atoms with E-state index in [4.69, 9.17) is 9.68 Å². The summed E-state index contributed by atoms with van der Waals surface area (Å²) in [5.74, 6) is 0.668. The molecule has 0 aliphatic rings. The van der Waals surface area contributed by atoms with Gasteiger partial charge in [-0.2, -0.15) is 0 Å². The predicted molar refractivity (Wildman–Crippen MR) is 51.7 cm³/mol. The molecule has 1 N–H and O–H groups in total. The molecular weight excluding hydrogens is 165 g/mol. The molecule has 1 aromatic heterocycles. The van der Waals surface area contributed by atoms with Crippen LogP contribution in [0.2, 0.25) is 0 Å². The summed E-state index contributed by atoms with van der Waals surface area (Å²) in [4.78, 5) is 4.00. The highest BCUT2D eigenvalue weighted by molar-refractivity contribution is 6.17. The van der Waals surface area contributed by atoms with Crippen molar-refractivity contribution in [1.82, 2.24) is 4.98 Å². The Hall–Kier alpha value is -1.55. The third-order valence-electron chi connectivity index (χ3n) is 1.84. The summed E-state index contributed by atoms with van der Waals surface area (Å²) in [5.41, 5.74) is 0. The van der Waals surface area contributed by atoms with Gasteiger partial charge in [0.1, 0.15) is 5.75 Å². The Morgan fingerprint density at radius 2 is 2.15 bits per heavy atom. The van der Waals surface area contributed by atoms with Crippen LogP contribution in [-0.2, 0) is 0 Å². The lowest BCUT2D eigenvalue weighted by Crippen LogP contribution is -1.99. The summed E-state index contributed by atoms with van der Waals surface area (Å²) in [6.07, 6.45) is 3.52. The van der Waals surface area contributed by atoms with Gasteiger partial charge in [0.05, 0.1) is 0 Å². The van der Waals surface area contributed by atoms with Gasteiger partial charge in [-0.15, -0.1) is 0 Å². The van der Waals surface area contributed by atoms with Gasteiger partial charge < -0.3 is 9.68 Å². The van der Waals surface area contributed by atoms with Gasteiger partial charge in [-0.25, -0.2) is 0 Å². The molecule has 4 heteroatoms. The average Bonchev–Trinajstić information content (AvgIpc) is 2.18. The molecule has 0 saturated carbocycles. The van der Waals surface area contributed by atoms with Crippen LogP contribution in [-0.4, -0.2) is 17.7 Å². The van der Waals surface area contributed by atoms with E-state index in [1.807, 2.05) is 18.2 Å². The quantitative estimate of drug-likeness (QED) is 0.685. The van der Waals surface area contributed by atoms with Crippen LogP contribution >= 0.6 is 0 Å². The van der Waals surface area contributed by atoms with Gasteiger partial charge in [-0.3, -0.25) is 4.98 Å². The molecule has 0 aliphatic heterocycles. The lowest BCUT2D eigenvalue weighted by molar-refractivity contribution is 0.454. The van der Waals surface area contributed by atoms with E-state index in [1.54, 1.807) is 18.5 Å². The molecule has 0 amide bonds. The molecule has 0 atom stereocenters. The van der Waals surface area contributed by atoms with Gasteiger partial charge in [0.2, 0.25) is 0 Å². The molecule has 0 bridgehead atoms. The van der Waals surface area contributed by atoms with Gasteiger partial charge in [0, 0.05) is 17.8 Å². The minimum atomic E-state index is -0.295. The zero-order valence-electron chi connectivity index (χ0n) is 6.97. The molecule has 1 heterocycles.